The van der Waals surface area contributed by atoms with Crippen molar-refractivity contribution in [2.45, 2.75) is 6.18 Å². The third kappa shape index (κ3) is 3.24. The Hall–Kier alpha value is -2.14. The highest BCUT2D eigenvalue weighted by molar-refractivity contribution is 9.10. The van der Waals surface area contributed by atoms with Crippen LogP contribution >= 0.6 is 15.9 Å². The second kappa shape index (κ2) is 5.46. The summed E-state index contributed by atoms with van der Waals surface area (Å²) in [5.41, 5.74) is -1.84. The summed E-state index contributed by atoms with van der Waals surface area (Å²) in [4.78, 5) is 7.37. The van der Waals surface area contributed by atoms with Gasteiger partial charge in [-0.1, -0.05) is 0 Å². The highest BCUT2D eigenvalue weighted by Crippen LogP contribution is 2.32. The molecule has 0 N–H and O–H groups in total. The minimum atomic E-state index is -4.63. The maximum absolute atomic E-state index is 12.6. The van der Waals surface area contributed by atoms with Crippen molar-refractivity contribution in [3.63, 3.8) is 0 Å². The Morgan fingerprint density at radius 1 is 1.25 bits per heavy atom. The summed E-state index contributed by atoms with van der Waals surface area (Å²) in [5.74, 6) is 0.171. The fourth-order valence-electron chi connectivity index (χ4n) is 1.38. The van der Waals surface area contributed by atoms with Crippen molar-refractivity contribution in [3.05, 3.63) is 46.3 Å². The predicted octanol–water partition coefficient (Wildman–Crippen LogP) is 3.92. The van der Waals surface area contributed by atoms with Gasteiger partial charge in [-0.05, 0) is 28.1 Å². The zero-order chi connectivity index (χ0) is 14.8. The number of halogens is 4. The Labute approximate surface area is 120 Å². The molecular formula is C12H5BrF3N3O. The van der Waals surface area contributed by atoms with E-state index < -0.39 is 17.4 Å². The fourth-order valence-corrected chi connectivity index (χ4v) is 1.72. The Morgan fingerprint density at radius 3 is 2.60 bits per heavy atom. The van der Waals surface area contributed by atoms with Crippen LogP contribution in [0.25, 0.3) is 0 Å². The molecule has 0 aliphatic rings. The molecule has 0 amide bonds. The molecule has 0 fully saturated rings. The van der Waals surface area contributed by atoms with E-state index in [0.29, 0.717) is 4.47 Å². The van der Waals surface area contributed by atoms with E-state index in [0.717, 1.165) is 12.1 Å². The zero-order valence-electron chi connectivity index (χ0n) is 9.65. The summed E-state index contributed by atoms with van der Waals surface area (Å²) < 4.78 is 43.7. The van der Waals surface area contributed by atoms with Gasteiger partial charge in [-0.2, -0.15) is 18.4 Å². The van der Waals surface area contributed by atoms with Crippen LogP contribution in [0, 0.1) is 11.3 Å². The normalized spacial score (nSPS) is 10.9. The third-order valence-corrected chi connectivity index (χ3v) is 2.62. The number of nitriles is 1. The highest BCUT2D eigenvalue weighted by Gasteiger charge is 2.34. The average molecular weight is 344 g/mol. The van der Waals surface area contributed by atoms with Gasteiger partial charge in [-0.3, -0.25) is 4.98 Å². The molecule has 0 unspecified atom stereocenters. The van der Waals surface area contributed by atoms with Crippen molar-refractivity contribution >= 4 is 15.9 Å². The van der Waals surface area contributed by atoms with Gasteiger partial charge in [0.25, 0.3) is 0 Å². The second-order valence-corrected chi connectivity index (χ2v) is 4.51. The van der Waals surface area contributed by atoms with Crippen molar-refractivity contribution in [2.75, 3.05) is 0 Å². The molecule has 2 aromatic rings. The fraction of sp³-hybridized carbons (Fsp3) is 0.0833. The van der Waals surface area contributed by atoms with Crippen molar-refractivity contribution in [3.8, 4) is 17.7 Å². The Kier molecular flexibility index (Phi) is 3.90. The number of alkyl halides is 3. The first-order valence-electron chi connectivity index (χ1n) is 5.17. The highest BCUT2D eigenvalue weighted by atomic mass is 79.9. The quantitative estimate of drug-likeness (QED) is 0.829. The largest absolute Gasteiger partial charge is 0.437 e. The molecule has 0 aromatic carbocycles. The van der Waals surface area contributed by atoms with Gasteiger partial charge in [0.05, 0.1) is 11.8 Å². The lowest BCUT2D eigenvalue weighted by Crippen LogP contribution is -2.09. The molecule has 2 heterocycles. The molecule has 2 rings (SSSR count). The molecule has 102 valence electrons. The number of hydrogen-bond donors (Lipinski definition) is 0. The molecule has 0 saturated carbocycles. The lowest BCUT2D eigenvalue weighted by atomic mass is 10.2. The minimum Gasteiger partial charge on any atom is -0.437 e. The van der Waals surface area contributed by atoms with Gasteiger partial charge >= 0.3 is 6.18 Å². The summed E-state index contributed by atoms with van der Waals surface area (Å²) in [6, 6.07) is 4.77. The first-order chi connectivity index (χ1) is 9.40. The number of hydrogen-bond acceptors (Lipinski definition) is 4. The van der Waals surface area contributed by atoms with Crippen molar-refractivity contribution < 1.29 is 17.9 Å². The van der Waals surface area contributed by atoms with Crippen LogP contribution in [0.1, 0.15) is 11.3 Å². The van der Waals surface area contributed by atoms with Crippen molar-refractivity contribution in [2.24, 2.45) is 0 Å². The SMILES string of the molecule is N#Cc1nc(Oc2cncc(Br)c2)ccc1C(F)(F)F. The Bertz CT molecular complexity index is 682. The first kappa shape index (κ1) is 14.3. The Morgan fingerprint density at radius 2 is 2.00 bits per heavy atom. The van der Waals surface area contributed by atoms with E-state index >= 15 is 0 Å². The molecule has 0 spiro atoms. The molecule has 0 saturated heterocycles. The van der Waals surface area contributed by atoms with Crippen molar-refractivity contribution in [1.82, 2.24) is 9.97 Å². The minimum absolute atomic E-state index is 0.116. The summed E-state index contributed by atoms with van der Waals surface area (Å²) in [5, 5.41) is 8.73. The summed E-state index contributed by atoms with van der Waals surface area (Å²) in [6.45, 7) is 0. The number of rotatable bonds is 2. The number of aromatic nitrogens is 2. The molecule has 0 aliphatic carbocycles. The maximum atomic E-state index is 12.6. The molecule has 8 heteroatoms. The Balaban J connectivity index is 2.34. The van der Waals surface area contributed by atoms with Crippen molar-refractivity contribution in [1.29, 1.82) is 5.26 Å². The smallest absolute Gasteiger partial charge is 0.419 e. The number of nitrogens with zero attached hydrogens (tertiary/aromatic N) is 3. The van der Waals surface area contributed by atoms with Gasteiger partial charge in [0.1, 0.15) is 11.8 Å². The van der Waals surface area contributed by atoms with E-state index in [1.165, 1.54) is 18.5 Å². The van der Waals surface area contributed by atoms with E-state index in [9.17, 15) is 13.2 Å². The number of ether oxygens (including phenoxy) is 1. The van der Waals surface area contributed by atoms with Gasteiger partial charge in [-0.25, -0.2) is 4.98 Å². The van der Waals surface area contributed by atoms with E-state index in [2.05, 4.69) is 25.9 Å². The van der Waals surface area contributed by atoms with Crippen LogP contribution < -0.4 is 4.74 Å². The lowest BCUT2D eigenvalue weighted by molar-refractivity contribution is -0.138. The van der Waals surface area contributed by atoms with Gasteiger partial charge in [-0.15, -0.1) is 0 Å². The summed E-state index contributed by atoms with van der Waals surface area (Å²) in [6.07, 6.45) is -1.74. The number of pyridine rings is 2. The summed E-state index contributed by atoms with van der Waals surface area (Å²) in [7, 11) is 0. The molecular weight excluding hydrogens is 339 g/mol. The van der Waals surface area contributed by atoms with Gasteiger partial charge < -0.3 is 4.74 Å². The molecule has 0 radical (unpaired) electrons. The molecule has 0 bridgehead atoms. The zero-order valence-corrected chi connectivity index (χ0v) is 11.2. The van der Waals surface area contributed by atoms with Crippen LogP contribution in [0.15, 0.2) is 35.1 Å². The van der Waals surface area contributed by atoms with Crippen LogP contribution in [-0.4, -0.2) is 9.97 Å². The van der Waals surface area contributed by atoms with Crippen LogP contribution in [0.2, 0.25) is 0 Å². The van der Waals surface area contributed by atoms with Crippen LogP contribution in [0.5, 0.6) is 11.6 Å². The maximum Gasteiger partial charge on any atom is 0.419 e. The monoisotopic (exact) mass is 343 g/mol. The molecule has 2 aromatic heterocycles. The van der Waals surface area contributed by atoms with E-state index in [1.807, 2.05) is 0 Å². The molecule has 0 aliphatic heterocycles. The third-order valence-electron chi connectivity index (χ3n) is 2.18. The van der Waals surface area contributed by atoms with Crippen LogP contribution in [-0.2, 0) is 6.18 Å². The first-order valence-corrected chi connectivity index (χ1v) is 5.96. The van der Waals surface area contributed by atoms with E-state index in [4.69, 9.17) is 10.00 Å². The van der Waals surface area contributed by atoms with Gasteiger partial charge in [0.2, 0.25) is 5.88 Å². The summed E-state index contributed by atoms with van der Waals surface area (Å²) >= 11 is 3.18. The van der Waals surface area contributed by atoms with Crippen LogP contribution in [0.3, 0.4) is 0 Å². The lowest BCUT2D eigenvalue weighted by Gasteiger charge is -2.09. The standard InChI is InChI=1S/C12H5BrF3N3O/c13-7-3-8(6-18-5-7)20-11-2-1-9(12(14,15)16)10(4-17)19-11/h1-3,5-6H. The van der Waals surface area contributed by atoms with Gasteiger partial charge in [0, 0.05) is 16.7 Å². The van der Waals surface area contributed by atoms with E-state index in [1.54, 1.807) is 6.07 Å². The van der Waals surface area contributed by atoms with E-state index in [-0.39, 0.29) is 11.6 Å². The second-order valence-electron chi connectivity index (χ2n) is 3.60. The molecule has 20 heavy (non-hydrogen) atoms. The average Bonchev–Trinajstić information content (AvgIpc) is 2.37. The van der Waals surface area contributed by atoms with Crippen LogP contribution in [0.4, 0.5) is 13.2 Å². The topological polar surface area (TPSA) is 58.8 Å². The molecule has 0 atom stereocenters. The van der Waals surface area contributed by atoms with Gasteiger partial charge in [0.15, 0.2) is 5.69 Å². The molecule has 4 nitrogen and oxygen atoms in total. The predicted molar refractivity (Wildman–Crippen MR) is 66.0 cm³/mol.